The summed E-state index contributed by atoms with van der Waals surface area (Å²) < 4.78 is 0. The van der Waals surface area contributed by atoms with Crippen LogP contribution in [0.15, 0.2) is 85.2 Å². The molecule has 6 heteroatoms. The van der Waals surface area contributed by atoms with Gasteiger partial charge in [-0.25, -0.2) is 4.98 Å². The maximum absolute atomic E-state index is 11.7. The Morgan fingerprint density at radius 1 is 0.900 bits per heavy atom. The number of hydrogen-bond donors (Lipinski definition) is 2. The summed E-state index contributed by atoms with van der Waals surface area (Å²) in [6.07, 6.45) is 3.53. The Balaban J connectivity index is 1.65. The van der Waals surface area contributed by atoms with Gasteiger partial charge in [0.05, 0.1) is 5.69 Å². The first kappa shape index (κ1) is 19.3. The van der Waals surface area contributed by atoms with E-state index in [1.54, 1.807) is 31.5 Å². The normalized spacial score (nSPS) is 10.4. The lowest BCUT2D eigenvalue weighted by atomic mass is 10.1. The van der Waals surface area contributed by atoms with E-state index in [-0.39, 0.29) is 5.78 Å². The first-order valence-electron chi connectivity index (χ1n) is 9.63. The Morgan fingerprint density at radius 3 is 2.47 bits per heavy atom. The van der Waals surface area contributed by atoms with Gasteiger partial charge in [-0.2, -0.15) is 4.98 Å². The van der Waals surface area contributed by atoms with Crippen LogP contribution in [0.25, 0.3) is 11.3 Å². The number of rotatable bonds is 7. The number of carbonyl (C=O) groups is 1. The minimum atomic E-state index is 0.0114. The molecule has 0 atom stereocenters. The topological polar surface area (TPSA) is 79.8 Å². The van der Waals surface area contributed by atoms with Crippen molar-refractivity contribution in [2.75, 3.05) is 10.6 Å². The van der Waals surface area contributed by atoms with Gasteiger partial charge in [0, 0.05) is 41.8 Å². The molecule has 0 amide bonds. The number of pyridine rings is 1. The van der Waals surface area contributed by atoms with Gasteiger partial charge in [0.25, 0.3) is 0 Å². The summed E-state index contributed by atoms with van der Waals surface area (Å²) in [5, 5.41) is 6.58. The molecule has 2 heterocycles. The molecule has 0 radical (unpaired) electrons. The van der Waals surface area contributed by atoms with Crippen molar-refractivity contribution in [3.8, 4) is 11.3 Å². The van der Waals surface area contributed by atoms with Gasteiger partial charge in [0.2, 0.25) is 5.95 Å². The van der Waals surface area contributed by atoms with Crippen molar-refractivity contribution in [1.29, 1.82) is 0 Å². The Kier molecular flexibility index (Phi) is 5.75. The minimum absolute atomic E-state index is 0.0114. The smallest absolute Gasteiger partial charge is 0.229 e. The number of nitrogens with zero attached hydrogens (tertiary/aromatic N) is 3. The number of ketones is 1. The van der Waals surface area contributed by atoms with E-state index in [0.29, 0.717) is 23.9 Å². The van der Waals surface area contributed by atoms with Crippen molar-refractivity contribution < 1.29 is 4.79 Å². The number of carbonyl (C=O) groups excluding carboxylic acids is 1. The summed E-state index contributed by atoms with van der Waals surface area (Å²) >= 11 is 0. The minimum Gasteiger partial charge on any atom is -0.366 e. The Labute approximate surface area is 175 Å². The second kappa shape index (κ2) is 8.96. The first-order chi connectivity index (χ1) is 14.7. The van der Waals surface area contributed by atoms with E-state index in [1.807, 2.05) is 60.7 Å². The summed E-state index contributed by atoms with van der Waals surface area (Å²) in [5.41, 5.74) is 4.29. The first-order valence-corrected chi connectivity index (χ1v) is 9.63. The molecule has 0 fully saturated rings. The Morgan fingerprint density at radius 2 is 1.70 bits per heavy atom. The monoisotopic (exact) mass is 395 g/mol. The third kappa shape index (κ3) is 4.86. The van der Waals surface area contributed by atoms with E-state index in [9.17, 15) is 4.79 Å². The van der Waals surface area contributed by atoms with Crippen LogP contribution in [0.1, 0.15) is 22.8 Å². The molecule has 0 aliphatic rings. The summed E-state index contributed by atoms with van der Waals surface area (Å²) in [6.45, 7) is 2.17. The molecule has 2 N–H and O–H groups in total. The second-order valence-corrected chi connectivity index (χ2v) is 6.80. The maximum Gasteiger partial charge on any atom is 0.229 e. The average Bonchev–Trinajstić information content (AvgIpc) is 2.79. The van der Waals surface area contributed by atoms with Crippen LogP contribution in [0, 0.1) is 0 Å². The fourth-order valence-corrected chi connectivity index (χ4v) is 2.99. The van der Waals surface area contributed by atoms with Gasteiger partial charge in [0.1, 0.15) is 5.82 Å². The van der Waals surface area contributed by atoms with Crippen LogP contribution >= 0.6 is 0 Å². The number of anilines is 3. The zero-order chi connectivity index (χ0) is 20.8. The highest BCUT2D eigenvalue weighted by atomic mass is 16.1. The molecular formula is C24H21N5O. The van der Waals surface area contributed by atoms with Gasteiger partial charge in [-0.3, -0.25) is 9.78 Å². The Hall–Kier alpha value is -4.06. The van der Waals surface area contributed by atoms with E-state index in [0.717, 1.165) is 22.5 Å². The lowest BCUT2D eigenvalue weighted by Crippen LogP contribution is -2.06. The zero-order valence-electron chi connectivity index (χ0n) is 16.5. The molecule has 0 unspecified atom stereocenters. The van der Waals surface area contributed by atoms with Crippen molar-refractivity contribution >= 4 is 23.2 Å². The van der Waals surface area contributed by atoms with E-state index in [4.69, 9.17) is 0 Å². The predicted molar refractivity (Wildman–Crippen MR) is 119 cm³/mol. The zero-order valence-corrected chi connectivity index (χ0v) is 16.5. The highest BCUT2D eigenvalue weighted by Gasteiger charge is 2.08. The highest BCUT2D eigenvalue weighted by Crippen LogP contribution is 2.24. The maximum atomic E-state index is 11.7. The SMILES string of the molecule is CC(=O)c1cccc(Nc2nc(NCc3ccncc3)cc(-c3ccccc3)n2)c1. The molecule has 0 bridgehead atoms. The molecule has 0 aliphatic carbocycles. The van der Waals surface area contributed by atoms with Gasteiger partial charge in [-0.05, 0) is 36.8 Å². The average molecular weight is 395 g/mol. The fraction of sp³-hybridized carbons (Fsp3) is 0.0833. The van der Waals surface area contributed by atoms with Gasteiger partial charge >= 0.3 is 0 Å². The number of benzene rings is 2. The van der Waals surface area contributed by atoms with Gasteiger partial charge in [-0.1, -0.05) is 42.5 Å². The van der Waals surface area contributed by atoms with Gasteiger partial charge < -0.3 is 10.6 Å². The molecule has 0 saturated carbocycles. The van der Waals surface area contributed by atoms with E-state index in [1.165, 1.54) is 0 Å². The van der Waals surface area contributed by atoms with E-state index >= 15 is 0 Å². The van der Waals surface area contributed by atoms with Crippen LogP contribution < -0.4 is 10.6 Å². The van der Waals surface area contributed by atoms with Crippen molar-refractivity contribution in [3.63, 3.8) is 0 Å². The molecule has 0 aliphatic heterocycles. The standard InChI is InChI=1S/C24H21N5O/c1-17(30)20-8-5-9-21(14-20)27-24-28-22(19-6-3-2-4-7-19)15-23(29-24)26-16-18-10-12-25-13-11-18/h2-15H,16H2,1H3,(H2,26,27,28,29). The summed E-state index contributed by atoms with van der Waals surface area (Å²) in [6, 6.07) is 23.1. The van der Waals surface area contributed by atoms with E-state index < -0.39 is 0 Å². The van der Waals surface area contributed by atoms with Crippen molar-refractivity contribution in [2.24, 2.45) is 0 Å². The molecule has 2 aromatic heterocycles. The predicted octanol–water partition coefficient (Wildman–Crippen LogP) is 5.10. The third-order valence-electron chi connectivity index (χ3n) is 4.54. The van der Waals surface area contributed by atoms with Crippen LogP contribution in [0.4, 0.5) is 17.5 Å². The van der Waals surface area contributed by atoms with Crippen molar-refractivity contribution in [1.82, 2.24) is 15.0 Å². The summed E-state index contributed by atoms with van der Waals surface area (Å²) in [5.74, 6) is 1.16. The van der Waals surface area contributed by atoms with Gasteiger partial charge in [-0.15, -0.1) is 0 Å². The van der Waals surface area contributed by atoms with E-state index in [2.05, 4.69) is 25.6 Å². The van der Waals surface area contributed by atoms with Crippen LogP contribution in [0.5, 0.6) is 0 Å². The largest absolute Gasteiger partial charge is 0.366 e. The summed E-state index contributed by atoms with van der Waals surface area (Å²) in [4.78, 5) is 25.0. The molecule has 2 aromatic carbocycles. The number of hydrogen-bond acceptors (Lipinski definition) is 6. The molecule has 148 valence electrons. The van der Waals surface area contributed by atoms with Gasteiger partial charge in [0.15, 0.2) is 5.78 Å². The molecule has 4 rings (SSSR count). The van der Waals surface area contributed by atoms with Crippen molar-refractivity contribution in [2.45, 2.75) is 13.5 Å². The quantitative estimate of drug-likeness (QED) is 0.424. The van der Waals surface area contributed by atoms with Crippen LogP contribution in [0.2, 0.25) is 0 Å². The molecule has 0 spiro atoms. The lowest BCUT2D eigenvalue weighted by molar-refractivity contribution is 0.101. The molecule has 4 aromatic rings. The third-order valence-corrected chi connectivity index (χ3v) is 4.54. The highest BCUT2D eigenvalue weighted by molar-refractivity contribution is 5.95. The molecular weight excluding hydrogens is 374 g/mol. The number of aromatic nitrogens is 3. The number of Topliss-reactive ketones (excluding diaryl/α,β-unsaturated/α-hetero) is 1. The Bertz CT molecular complexity index is 1150. The molecule has 30 heavy (non-hydrogen) atoms. The van der Waals surface area contributed by atoms with Crippen LogP contribution in [-0.2, 0) is 6.54 Å². The molecule has 0 saturated heterocycles. The second-order valence-electron chi connectivity index (χ2n) is 6.80. The fourth-order valence-electron chi connectivity index (χ4n) is 2.99. The molecule has 6 nitrogen and oxygen atoms in total. The number of nitrogens with one attached hydrogen (secondary N) is 2. The van der Waals surface area contributed by atoms with Crippen LogP contribution in [-0.4, -0.2) is 20.7 Å². The lowest BCUT2D eigenvalue weighted by Gasteiger charge is -2.12. The summed E-state index contributed by atoms with van der Waals surface area (Å²) in [7, 11) is 0. The van der Waals surface area contributed by atoms with Crippen molar-refractivity contribution in [3.05, 3.63) is 96.3 Å². The van der Waals surface area contributed by atoms with Crippen LogP contribution in [0.3, 0.4) is 0 Å².